The number of hydrogen-bond acceptors (Lipinski definition) is 4. The van der Waals surface area contributed by atoms with E-state index < -0.39 is 23.8 Å². The van der Waals surface area contributed by atoms with Gasteiger partial charge in [0, 0.05) is 13.0 Å². The number of carbonyl (C=O) groups excluding carboxylic acids is 1. The van der Waals surface area contributed by atoms with Gasteiger partial charge < -0.3 is 4.74 Å². The molecule has 0 amide bonds. The average molecular weight is 408 g/mol. The monoisotopic (exact) mass is 407 g/mol. The van der Waals surface area contributed by atoms with E-state index in [2.05, 4.69) is 26.0 Å². The first-order valence-corrected chi connectivity index (χ1v) is 8.64. The Bertz CT molecular complexity index is 978. The zero-order valence-corrected chi connectivity index (χ0v) is 15.1. The fraction of sp³-hybridized carbons (Fsp3) is 0.353. The van der Waals surface area contributed by atoms with Crippen LogP contribution in [0, 0.1) is 11.7 Å². The quantitative estimate of drug-likeness (QED) is 0.788. The van der Waals surface area contributed by atoms with Crippen molar-refractivity contribution in [3.63, 3.8) is 0 Å². The minimum absolute atomic E-state index is 0.121. The highest BCUT2D eigenvalue weighted by atomic mass is 79.9. The van der Waals surface area contributed by atoms with Crippen molar-refractivity contribution in [2.45, 2.75) is 18.9 Å². The summed E-state index contributed by atoms with van der Waals surface area (Å²) in [5, 5.41) is 2.70. The number of ether oxygens (including phenoxy) is 1. The first-order valence-electron chi connectivity index (χ1n) is 7.85. The first kappa shape index (κ1) is 16.4. The van der Waals surface area contributed by atoms with Crippen LogP contribution in [0.5, 0.6) is 0 Å². The van der Waals surface area contributed by atoms with Gasteiger partial charge >= 0.3 is 0 Å². The van der Waals surface area contributed by atoms with Gasteiger partial charge in [0.1, 0.15) is 11.9 Å². The molecule has 2 aliphatic heterocycles. The summed E-state index contributed by atoms with van der Waals surface area (Å²) in [6, 6.07) is 4.55. The highest BCUT2D eigenvalue weighted by Gasteiger charge is 2.46. The molecule has 2 aromatic rings. The van der Waals surface area contributed by atoms with Crippen molar-refractivity contribution in [1.29, 1.82) is 0 Å². The number of aliphatic imine (C=N–C) groups is 1. The second-order valence-corrected chi connectivity index (χ2v) is 7.18. The Morgan fingerprint density at radius 2 is 2.12 bits per heavy atom. The van der Waals surface area contributed by atoms with E-state index in [0.717, 1.165) is 0 Å². The molecule has 1 aromatic carbocycles. The zero-order valence-electron chi connectivity index (χ0n) is 13.5. The molecule has 6 nitrogen and oxygen atoms in total. The van der Waals surface area contributed by atoms with Crippen molar-refractivity contribution in [2.24, 2.45) is 18.0 Å². The number of nitrogens with zero attached hydrogens (tertiary/aromatic N) is 2. The number of aryl methyl sites for hydroxylation is 1. The van der Waals surface area contributed by atoms with Gasteiger partial charge in [0.2, 0.25) is 0 Å². The molecule has 1 saturated heterocycles. The molecule has 3 heterocycles. The summed E-state index contributed by atoms with van der Waals surface area (Å²) in [6.07, 6.45) is -0.570. The van der Waals surface area contributed by atoms with Crippen molar-refractivity contribution in [3.05, 3.63) is 50.0 Å². The number of rotatable bonds is 1. The molecule has 1 aromatic heterocycles. The lowest BCUT2D eigenvalue weighted by Crippen LogP contribution is -2.46. The van der Waals surface area contributed by atoms with Crippen molar-refractivity contribution in [2.75, 3.05) is 6.61 Å². The van der Waals surface area contributed by atoms with Crippen LogP contribution in [0.4, 0.5) is 10.2 Å². The van der Waals surface area contributed by atoms with Gasteiger partial charge in [-0.15, -0.1) is 0 Å². The van der Waals surface area contributed by atoms with Crippen LogP contribution in [0.3, 0.4) is 0 Å². The summed E-state index contributed by atoms with van der Waals surface area (Å²) in [6.45, 7) is 1.93. The number of ketones is 1. The van der Waals surface area contributed by atoms with Gasteiger partial charge in [-0.1, -0.05) is 6.07 Å². The number of hydrogen-bond donors (Lipinski definition) is 1. The van der Waals surface area contributed by atoms with E-state index in [0.29, 0.717) is 22.7 Å². The molecule has 25 heavy (non-hydrogen) atoms. The number of halogens is 2. The maximum absolute atomic E-state index is 13.7. The smallest absolute Gasteiger partial charge is 0.270 e. The van der Waals surface area contributed by atoms with E-state index in [1.54, 1.807) is 26.1 Å². The molecule has 3 atom stereocenters. The number of aromatic nitrogens is 2. The summed E-state index contributed by atoms with van der Waals surface area (Å²) in [5.74, 6) is -1.15. The van der Waals surface area contributed by atoms with Crippen molar-refractivity contribution in [3.8, 4) is 0 Å². The normalized spacial score (nSPS) is 25.4. The van der Waals surface area contributed by atoms with Gasteiger partial charge in [-0.25, -0.2) is 9.38 Å². The van der Waals surface area contributed by atoms with E-state index in [1.165, 1.54) is 10.7 Å². The molecule has 0 radical (unpaired) electrons. The molecule has 130 valence electrons. The van der Waals surface area contributed by atoms with Crippen LogP contribution in [0.1, 0.15) is 24.0 Å². The van der Waals surface area contributed by atoms with Crippen LogP contribution in [-0.4, -0.2) is 34.0 Å². The SMILES string of the molecule is CC1OCC2=Nc3c(c(=O)[nH]n3C)C(c3ccc(F)c(Br)c3)C2C1=O. The third-order valence-corrected chi connectivity index (χ3v) is 5.42. The summed E-state index contributed by atoms with van der Waals surface area (Å²) in [4.78, 5) is 29.8. The fourth-order valence-corrected chi connectivity index (χ4v) is 3.99. The van der Waals surface area contributed by atoms with Crippen molar-refractivity contribution < 1.29 is 13.9 Å². The number of nitrogens with one attached hydrogen (secondary N) is 1. The Labute approximate surface area is 150 Å². The second kappa shape index (κ2) is 5.74. The summed E-state index contributed by atoms with van der Waals surface area (Å²) >= 11 is 3.19. The van der Waals surface area contributed by atoms with Crippen LogP contribution in [0.2, 0.25) is 0 Å². The van der Waals surface area contributed by atoms with Crippen LogP contribution in [-0.2, 0) is 16.6 Å². The van der Waals surface area contributed by atoms with Gasteiger partial charge in [0.25, 0.3) is 5.56 Å². The van der Waals surface area contributed by atoms with Crippen LogP contribution in [0.15, 0.2) is 32.5 Å². The third kappa shape index (κ3) is 2.43. The predicted molar refractivity (Wildman–Crippen MR) is 93.0 cm³/mol. The largest absolute Gasteiger partial charge is 0.365 e. The maximum atomic E-state index is 13.7. The van der Waals surface area contributed by atoms with Gasteiger partial charge in [0.15, 0.2) is 11.6 Å². The molecular formula is C17H15BrFN3O3. The lowest BCUT2D eigenvalue weighted by molar-refractivity contribution is -0.133. The maximum Gasteiger partial charge on any atom is 0.270 e. The lowest BCUT2D eigenvalue weighted by Gasteiger charge is -2.35. The standard InChI is InChI=1S/C17H15BrFN3O3/c1-7-15(23)13-11(6-25-7)20-16-14(17(24)21-22(16)2)12(13)8-3-4-10(19)9(18)5-8/h3-5,7,12-13H,6H2,1-2H3,(H,21,24). The summed E-state index contributed by atoms with van der Waals surface area (Å²) in [7, 11) is 1.69. The minimum Gasteiger partial charge on any atom is -0.365 e. The first-order chi connectivity index (χ1) is 11.9. The molecule has 3 unspecified atom stereocenters. The topological polar surface area (TPSA) is 76.4 Å². The number of aromatic amines is 1. The number of benzene rings is 1. The molecule has 1 fully saturated rings. The molecule has 0 aliphatic carbocycles. The fourth-order valence-electron chi connectivity index (χ4n) is 3.59. The highest BCUT2D eigenvalue weighted by Crippen LogP contribution is 2.43. The Morgan fingerprint density at radius 3 is 2.84 bits per heavy atom. The number of H-pyrrole nitrogens is 1. The Balaban J connectivity index is 1.98. The Kier molecular flexibility index (Phi) is 3.77. The van der Waals surface area contributed by atoms with Crippen LogP contribution >= 0.6 is 15.9 Å². The van der Waals surface area contributed by atoms with E-state index in [9.17, 15) is 14.0 Å². The van der Waals surface area contributed by atoms with Crippen molar-refractivity contribution in [1.82, 2.24) is 9.78 Å². The van der Waals surface area contributed by atoms with Crippen LogP contribution in [0.25, 0.3) is 0 Å². The Hall–Kier alpha value is -2.06. The van der Waals surface area contributed by atoms with E-state index >= 15 is 0 Å². The van der Waals surface area contributed by atoms with Gasteiger partial charge in [-0.05, 0) is 40.5 Å². The van der Waals surface area contributed by atoms with Crippen molar-refractivity contribution >= 4 is 33.2 Å². The third-order valence-electron chi connectivity index (χ3n) is 4.82. The zero-order chi connectivity index (χ0) is 17.9. The van der Waals surface area contributed by atoms with Gasteiger partial charge in [-0.2, -0.15) is 0 Å². The number of carbonyl (C=O) groups is 1. The number of Topliss-reactive ketones (excluding diaryl/α,β-unsaturated/α-hetero) is 1. The molecule has 2 aliphatic rings. The second-order valence-electron chi connectivity index (χ2n) is 6.32. The Morgan fingerprint density at radius 1 is 1.36 bits per heavy atom. The average Bonchev–Trinajstić information content (AvgIpc) is 2.86. The van der Waals surface area contributed by atoms with E-state index in [-0.39, 0.29) is 22.4 Å². The molecular weight excluding hydrogens is 393 g/mol. The predicted octanol–water partition coefficient (Wildman–Crippen LogP) is 2.44. The molecule has 4 rings (SSSR count). The van der Waals surface area contributed by atoms with Gasteiger partial charge in [0.05, 0.1) is 28.3 Å². The summed E-state index contributed by atoms with van der Waals surface area (Å²) in [5.41, 5.74) is 1.41. The number of fused-ring (bicyclic) bond motifs is 2. The molecule has 1 N–H and O–H groups in total. The summed E-state index contributed by atoms with van der Waals surface area (Å²) < 4.78 is 21.0. The molecule has 8 heteroatoms. The van der Waals surface area contributed by atoms with E-state index in [4.69, 9.17) is 4.74 Å². The van der Waals surface area contributed by atoms with E-state index in [1.807, 2.05) is 0 Å². The molecule has 0 bridgehead atoms. The molecule has 0 spiro atoms. The lowest BCUT2D eigenvalue weighted by atomic mass is 9.73. The molecule has 0 saturated carbocycles. The van der Waals surface area contributed by atoms with Gasteiger partial charge in [-0.3, -0.25) is 19.4 Å². The highest BCUT2D eigenvalue weighted by molar-refractivity contribution is 9.10. The minimum atomic E-state index is -0.586. The van der Waals surface area contributed by atoms with Crippen LogP contribution < -0.4 is 5.56 Å².